The Morgan fingerprint density at radius 3 is 2.65 bits per heavy atom. The summed E-state index contributed by atoms with van der Waals surface area (Å²) in [6.45, 7) is 0.458. The molecule has 0 radical (unpaired) electrons. The van der Waals surface area contributed by atoms with Gasteiger partial charge >= 0.3 is 0 Å². The molecule has 7 nitrogen and oxygen atoms in total. The quantitative estimate of drug-likeness (QED) is 0.742. The van der Waals surface area contributed by atoms with Crippen LogP contribution in [0.1, 0.15) is 5.56 Å². The molecule has 1 amide bonds. The summed E-state index contributed by atoms with van der Waals surface area (Å²) in [5.41, 5.74) is 0.840. The van der Waals surface area contributed by atoms with Gasteiger partial charge in [-0.3, -0.25) is 4.79 Å². The van der Waals surface area contributed by atoms with Gasteiger partial charge in [-0.2, -0.15) is 0 Å². The number of carboxylic acids is 1. The molecule has 1 aromatic carbocycles. The molecule has 3 aliphatic heterocycles. The maximum absolute atomic E-state index is 12.4. The lowest BCUT2D eigenvalue weighted by Gasteiger charge is -2.25. The normalized spacial score (nSPS) is 29.7. The average Bonchev–Trinajstić information content (AvgIpc) is 3.25. The molecule has 4 atom stereocenters. The van der Waals surface area contributed by atoms with Gasteiger partial charge in [0.2, 0.25) is 12.7 Å². The Hall–Kier alpha value is -2.54. The molecule has 7 heteroatoms. The summed E-state index contributed by atoms with van der Waals surface area (Å²) in [6, 6.07) is 5.38. The zero-order valence-corrected chi connectivity index (χ0v) is 12.1. The average molecular weight is 316 g/mol. The van der Waals surface area contributed by atoms with Crippen LogP contribution in [0.4, 0.5) is 0 Å². The van der Waals surface area contributed by atoms with Crippen LogP contribution in [0.3, 0.4) is 0 Å². The van der Waals surface area contributed by atoms with E-state index in [1.54, 1.807) is 24.3 Å². The van der Waals surface area contributed by atoms with Crippen molar-refractivity contribution in [3.8, 4) is 11.5 Å². The van der Waals surface area contributed by atoms with E-state index in [4.69, 9.17) is 14.2 Å². The Morgan fingerprint density at radius 1 is 1.13 bits per heavy atom. The van der Waals surface area contributed by atoms with E-state index in [0.29, 0.717) is 11.5 Å². The van der Waals surface area contributed by atoms with Gasteiger partial charge in [-0.15, -0.1) is 0 Å². The lowest BCUT2D eigenvalue weighted by atomic mass is 9.82. The summed E-state index contributed by atoms with van der Waals surface area (Å²) in [5.74, 6) is -2.01. The highest BCUT2D eigenvalue weighted by molar-refractivity contribution is 5.86. The summed E-state index contributed by atoms with van der Waals surface area (Å²) in [5, 5.41) is 14.0. The van der Waals surface area contributed by atoms with Crippen molar-refractivity contribution in [2.75, 3.05) is 6.79 Å². The number of hydrogen-bond donors (Lipinski definition) is 1. The largest absolute Gasteiger partial charge is 0.550 e. The highest BCUT2D eigenvalue weighted by Gasteiger charge is 2.50. The minimum atomic E-state index is -1.26. The summed E-state index contributed by atoms with van der Waals surface area (Å²) in [4.78, 5) is 23.7. The minimum Gasteiger partial charge on any atom is -0.550 e. The lowest BCUT2D eigenvalue weighted by Crippen LogP contribution is -2.46. The van der Waals surface area contributed by atoms with Crippen LogP contribution in [0.15, 0.2) is 30.4 Å². The lowest BCUT2D eigenvalue weighted by molar-refractivity contribution is -0.313. The first-order valence-corrected chi connectivity index (χ1v) is 7.34. The number of carbonyl (C=O) groups is 2. The molecule has 3 aliphatic rings. The Bertz CT molecular complexity index is 700. The first-order chi connectivity index (χ1) is 11.1. The fraction of sp³-hybridized carbons (Fsp3) is 0.375. The molecule has 3 heterocycles. The van der Waals surface area contributed by atoms with Gasteiger partial charge in [0.25, 0.3) is 0 Å². The number of amides is 1. The highest BCUT2D eigenvalue weighted by atomic mass is 16.7. The van der Waals surface area contributed by atoms with Crippen LogP contribution in [0.2, 0.25) is 0 Å². The molecule has 1 aromatic rings. The molecule has 2 bridgehead atoms. The Balaban J connectivity index is 1.44. The van der Waals surface area contributed by atoms with E-state index in [0.717, 1.165) is 5.56 Å². The summed E-state index contributed by atoms with van der Waals surface area (Å²) in [6.07, 6.45) is 2.33. The number of fused-ring (bicyclic) bond motifs is 3. The van der Waals surface area contributed by atoms with Crippen LogP contribution in [0.5, 0.6) is 11.5 Å². The van der Waals surface area contributed by atoms with E-state index < -0.39 is 30.0 Å². The van der Waals surface area contributed by atoms with Crippen molar-refractivity contribution < 1.29 is 28.9 Å². The first-order valence-electron chi connectivity index (χ1n) is 7.34. The highest BCUT2D eigenvalue weighted by Crippen LogP contribution is 2.39. The van der Waals surface area contributed by atoms with E-state index in [1.807, 2.05) is 6.07 Å². The fourth-order valence-electron chi connectivity index (χ4n) is 3.26. The zero-order valence-electron chi connectivity index (χ0n) is 12.1. The molecule has 0 spiro atoms. The molecule has 0 unspecified atom stereocenters. The molecule has 1 fully saturated rings. The van der Waals surface area contributed by atoms with E-state index >= 15 is 0 Å². The number of carbonyl (C=O) groups excluding carboxylic acids is 2. The van der Waals surface area contributed by atoms with Crippen LogP contribution in [-0.2, 0) is 20.9 Å². The van der Waals surface area contributed by atoms with Crippen molar-refractivity contribution in [3.05, 3.63) is 35.9 Å². The molecule has 1 N–H and O–H groups in total. The van der Waals surface area contributed by atoms with Crippen molar-refractivity contribution >= 4 is 11.9 Å². The maximum Gasteiger partial charge on any atom is 0.231 e. The minimum absolute atomic E-state index is 0.188. The zero-order chi connectivity index (χ0) is 16.0. The SMILES string of the molecule is O=C([O-])[C@@H]1[C@H](C(=O)NCc2ccc3c(c2)OCO3)[C@@H]2C=C[C@H]1O2. The van der Waals surface area contributed by atoms with E-state index in [1.165, 1.54) is 0 Å². The Morgan fingerprint density at radius 2 is 1.87 bits per heavy atom. The third kappa shape index (κ3) is 2.33. The first kappa shape index (κ1) is 14.1. The smallest absolute Gasteiger partial charge is 0.231 e. The maximum atomic E-state index is 12.4. The van der Waals surface area contributed by atoms with Crippen molar-refractivity contribution in [2.45, 2.75) is 18.8 Å². The number of benzene rings is 1. The number of hydrogen-bond acceptors (Lipinski definition) is 6. The second-order valence-electron chi connectivity index (χ2n) is 5.73. The number of rotatable bonds is 4. The molecule has 0 saturated carbocycles. The van der Waals surface area contributed by atoms with Crippen LogP contribution in [0, 0.1) is 11.8 Å². The van der Waals surface area contributed by atoms with E-state index in [-0.39, 0.29) is 19.2 Å². The number of nitrogens with one attached hydrogen (secondary N) is 1. The summed E-state index contributed by atoms with van der Waals surface area (Å²) < 4.78 is 16.0. The molecule has 0 aromatic heterocycles. The molecular formula is C16H14NO6-. The van der Waals surface area contributed by atoms with Gasteiger partial charge in [0.05, 0.1) is 18.1 Å². The number of ether oxygens (including phenoxy) is 3. The molecule has 23 heavy (non-hydrogen) atoms. The van der Waals surface area contributed by atoms with Crippen molar-refractivity contribution in [3.63, 3.8) is 0 Å². The predicted molar refractivity (Wildman–Crippen MR) is 74.2 cm³/mol. The second kappa shape index (κ2) is 5.27. The number of aliphatic carboxylic acids is 1. The van der Waals surface area contributed by atoms with Crippen LogP contribution < -0.4 is 19.9 Å². The van der Waals surface area contributed by atoms with Crippen molar-refractivity contribution in [1.29, 1.82) is 0 Å². The monoisotopic (exact) mass is 316 g/mol. The molecule has 120 valence electrons. The van der Waals surface area contributed by atoms with E-state index in [2.05, 4.69) is 5.32 Å². The van der Waals surface area contributed by atoms with Gasteiger partial charge in [-0.25, -0.2) is 0 Å². The fourth-order valence-corrected chi connectivity index (χ4v) is 3.26. The Kier molecular flexibility index (Phi) is 3.23. The predicted octanol–water partition coefficient (Wildman–Crippen LogP) is -0.649. The third-order valence-corrected chi connectivity index (χ3v) is 4.38. The molecule has 0 aliphatic carbocycles. The van der Waals surface area contributed by atoms with Gasteiger partial charge in [0, 0.05) is 18.4 Å². The van der Waals surface area contributed by atoms with Gasteiger partial charge in [-0.1, -0.05) is 18.2 Å². The Labute approximate surface area is 131 Å². The molecular weight excluding hydrogens is 302 g/mol. The number of carboxylic acid groups (broad SMARTS) is 1. The van der Waals surface area contributed by atoms with Crippen LogP contribution in [0.25, 0.3) is 0 Å². The van der Waals surface area contributed by atoms with Crippen molar-refractivity contribution in [2.24, 2.45) is 11.8 Å². The van der Waals surface area contributed by atoms with Crippen molar-refractivity contribution in [1.82, 2.24) is 5.32 Å². The topological polar surface area (TPSA) is 96.9 Å². The third-order valence-electron chi connectivity index (χ3n) is 4.38. The molecule has 1 saturated heterocycles. The van der Waals surface area contributed by atoms with Crippen LogP contribution in [-0.4, -0.2) is 30.9 Å². The van der Waals surface area contributed by atoms with Gasteiger partial charge in [0.1, 0.15) is 0 Å². The van der Waals surface area contributed by atoms with Gasteiger partial charge in [-0.05, 0) is 17.7 Å². The van der Waals surface area contributed by atoms with Crippen LogP contribution >= 0.6 is 0 Å². The van der Waals surface area contributed by atoms with E-state index in [9.17, 15) is 14.7 Å². The summed E-state index contributed by atoms with van der Waals surface area (Å²) >= 11 is 0. The summed E-state index contributed by atoms with van der Waals surface area (Å²) in [7, 11) is 0. The standard InChI is InChI=1S/C16H15NO6/c18-15(13-10-3-4-11(23-10)14(13)16(19)20)17-6-8-1-2-9-12(5-8)22-7-21-9/h1-5,10-11,13-14H,6-7H2,(H,17,18)(H,19,20)/p-1/t10-,11+,13+,14-/m0/s1. The second-order valence-corrected chi connectivity index (χ2v) is 5.73. The van der Waals surface area contributed by atoms with Gasteiger partial charge < -0.3 is 29.4 Å². The molecule has 4 rings (SSSR count). The van der Waals surface area contributed by atoms with Gasteiger partial charge in [0.15, 0.2) is 11.5 Å².